The van der Waals surface area contributed by atoms with Gasteiger partial charge in [0.15, 0.2) is 0 Å². The summed E-state index contributed by atoms with van der Waals surface area (Å²) in [6, 6.07) is 9.72. The van der Waals surface area contributed by atoms with Gasteiger partial charge in [-0.25, -0.2) is 8.42 Å². The minimum Gasteiger partial charge on any atom is -0.467 e. The molecule has 3 aromatic rings. The number of anilines is 1. The number of carbonyl (C=O) groups is 1. The molecule has 1 amide bonds. The highest BCUT2D eigenvalue weighted by Gasteiger charge is 2.26. The van der Waals surface area contributed by atoms with E-state index in [0.717, 1.165) is 0 Å². The first kappa shape index (κ1) is 19.0. The van der Waals surface area contributed by atoms with Crippen molar-refractivity contribution < 1.29 is 17.6 Å². The van der Waals surface area contributed by atoms with E-state index in [4.69, 9.17) is 16.0 Å². The lowest BCUT2D eigenvalue weighted by Crippen LogP contribution is -2.25. The normalized spacial score (nSPS) is 11.4. The Kier molecular flexibility index (Phi) is 5.24. The van der Waals surface area contributed by atoms with Gasteiger partial charge in [-0.3, -0.25) is 14.2 Å². The first-order valence-electron chi connectivity index (χ1n) is 7.91. The van der Waals surface area contributed by atoms with Crippen LogP contribution in [-0.2, 0) is 23.6 Å². The standard InChI is InChI=1S/C17H17ClN4O4S/c1-11-15(16(18)22(2)20-11)27(24,25)21-14-8-4-3-7-13(14)17(23)19-10-12-6-5-9-26-12/h3-9,21H,10H2,1-2H3,(H,19,23). The summed E-state index contributed by atoms with van der Waals surface area (Å²) in [5.74, 6) is 0.137. The van der Waals surface area contributed by atoms with E-state index in [2.05, 4.69) is 15.1 Å². The second-order valence-electron chi connectivity index (χ2n) is 5.74. The van der Waals surface area contributed by atoms with Crippen LogP contribution in [0.15, 0.2) is 52.0 Å². The number of aromatic nitrogens is 2. The van der Waals surface area contributed by atoms with E-state index in [-0.39, 0.29) is 33.5 Å². The van der Waals surface area contributed by atoms with Gasteiger partial charge >= 0.3 is 0 Å². The largest absolute Gasteiger partial charge is 0.467 e. The van der Waals surface area contributed by atoms with Crippen LogP contribution in [0.3, 0.4) is 0 Å². The van der Waals surface area contributed by atoms with E-state index in [0.29, 0.717) is 5.76 Å². The summed E-state index contributed by atoms with van der Waals surface area (Å²) >= 11 is 6.07. The first-order valence-corrected chi connectivity index (χ1v) is 9.77. The van der Waals surface area contributed by atoms with Gasteiger partial charge in [-0.05, 0) is 31.2 Å². The number of sulfonamides is 1. The number of halogens is 1. The number of benzene rings is 1. The summed E-state index contributed by atoms with van der Waals surface area (Å²) in [5, 5.41) is 6.68. The molecule has 0 atom stereocenters. The van der Waals surface area contributed by atoms with Crippen LogP contribution in [0, 0.1) is 6.92 Å². The van der Waals surface area contributed by atoms with Crippen LogP contribution in [0.5, 0.6) is 0 Å². The van der Waals surface area contributed by atoms with Crippen molar-refractivity contribution >= 4 is 33.2 Å². The molecule has 0 spiro atoms. The van der Waals surface area contributed by atoms with Gasteiger partial charge in [-0.1, -0.05) is 23.7 Å². The zero-order chi connectivity index (χ0) is 19.6. The maximum absolute atomic E-state index is 12.8. The van der Waals surface area contributed by atoms with Gasteiger partial charge in [-0.2, -0.15) is 5.10 Å². The van der Waals surface area contributed by atoms with Gasteiger partial charge in [0.1, 0.15) is 15.8 Å². The molecule has 0 fully saturated rings. The number of carbonyl (C=O) groups excluding carboxylic acids is 1. The Morgan fingerprint density at radius 1 is 1.26 bits per heavy atom. The molecule has 27 heavy (non-hydrogen) atoms. The topological polar surface area (TPSA) is 106 Å². The third-order valence-electron chi connectivity index (χ3n) is 3.79. The van der Waals surface area contributed by atoms with E-state index in [1.54, 1.807) is 38.2 Å². The fourth-order valence-electron chi connectivity index (χ4n) is 2.56. The molecule has 2 N–H and O–H groups in total. The predicted octanol–water partition coefficient (Wildman–Crippen LogP) is 2.71. The molecule has 10 heteroatoms. The molecule has 2 aromatic heterocycles. The molecular weight excluding hydrogens is 392 g/mol. The molecular formula is C17H17ClN4O4S. The number of nitrogens with zero attached hydrogens (tertiary/aromatic N) is 2. The van der Waals surface area contributed by atoms with Crippen molar-refractivity contribution in [2.45, 2.75) is 18.4 Å². The van der Waals surface area contributed by atoms with Crippen LogP contribution in [0.1, 0.15) is 21.8 Å². The molecule has 8 nitrogen and oxygen atoms in total. The Balaban J connectivity index is 1.86. The Morgan fingerprint density at radius 3 is 2.63 bits per heavy atom. The van der Waals surface area contributed by atoms with Crippen molar-refractivity contribution in [1.29, 1.82) is 0 Å². The number of amides is 1. The van der Waals surface area contributed by atoms with Crippen LogP contribution >= 0.6 is 11.6 Å². The average molecular weight is 409 g/mol. The highest BCUT2D eigenvalue weighted by molar-refractivity contribution is 7.92. The summed E-state index contributed by atoms with van der Waals surface area (Å²) in [4.78, 5) is 12.4. The fraction of sp³-hybridized carbons (Fsp3) is 0.176. The van der Waals surface area contributed by atoms with Crippen LogP contribution < -0.4 is 10.0 Å². The molecule has 0 aliphatic heterocycles. The maximum atomic E-state index is 12.8. The average Bonchev–Trinajstić information content (AvgIpc) is 3.21. The summed E-state index contributed by atoms with van der Waals surface area (Å²) < 4.78 is 34.4. The maximum Gasteiger partial charge on any atom is 0.266 e. The van der Waals surface area contributed by atoms with Crippen molar-refractivity contribution in [3.05, 3.63) is 64.8 Å². The van der Waals surface area contributed by atoms with Gasteiger partial charge in [0.25, 0.3) is 15.9 Å². The van der Waals surface area contributed by atoms with Gasteiger partial charge in [-0.15, -0.1) is 0 Å². The number of nitrogens with one attached hydrogen (secondary N) is 2. The molecule has 2 heterocycles. The summed E-state index contributed by atoms with van der Waals surface area (Å²) in [5.41, 5.74) is 0.564. The van der Waals surface area contributed by atoms with E-state index in [9.17, 15) is 13.2 Å². The lowest BCUT2D eigenvalue weighted by atomic mass is 10.1. The highest BCUT2D eigenvalue weighted by atomic mass is 35.5. The zero-order valence-electron chi connectivity index (χ0n) is 14.6. The Hall–Kier alpha value is -2.78. The third kappa shape index (κ3) is 3.99. The Labute approximate surface area is 161 Å². The summed E-state index contributed by atoms with van der Waals surface area (Å²) in [6.45, 7) is 1.73. The van der Waals surface area contributed by atoms with Crippen molar-refractivity contribution in [3.63, 3.8) is 0 Å². The van der Waals surface area contributed by atoms with Gasteiger partial charge in [0.05, 0.1) is 29.8 Å². The first-order chi connectivity index (χ1) is 12.8. The van der Waals surface area contributed by atoms with Crippen LogP contribution in [0.25, 0.3) is 0 Å². The molecule has 0 unspecified atom stereocenters. The van der Waals surface area contributed by atoms with Crippen LogP contribution in [0.4, 0.5) is 5.69 Å². The monoisotopic (exact) mass is 408 g/mol. The zero-order valence-corrected chi connectivity index (χ0v) is 16.1. The predicted molar refractivity (Wildman–Crippen MR) is 100 cm³/mol. The number of hydrogen-bond donors (Lipinski definition) is 2. The molecule has 0 saturated carbocycles. The van der Waals surface area contributed by atoms with Crippen LogP contribution in [-0.4, -0.2) is 24.1 Å². The molecule has 142 valence electrons. The van der Waals surface area contributed by atoms with E-state index >= 15 is 0 Å². The van der Waals surface area contributed by atoms with E-state index < -0.39 is 15.9 Å². The van der Waals surface area contributed by atoms with Gasteiger partial charge in [0, 0.05) is 7.05 Å². The van der Waals surface area contributed by atoms with Crippen molar-refractivity contribution in [3.8, 4) is 0 Å². The van der Waals surface area contributed by atoms with Crippen LogP contribution in [0.2, 0.25) is 5.15 Å². The lowest BCUT2D eigenvalue weighted by molar-refractivity contribution is 0.0949. The number of furan rings is 1. The van der Waals surface area contributed by atoms with Gasteiger partial charge < -0.3 is 9.73 Å². The molecule has 3 rings (SSSR count). The SMILES string of the molecule is Cc1nn(C)c(Cl)c1S(=O)(=O)Nc1ccccc1C(=O)NCc1ccco1. The number of aryl methyl sites for hydroxylation is 2. The smallest absolute Gasteiger partial charge is 0.266 e. The third-order valence-corrected chi connectivity index (χ3v) is 5.85. The molecule has 0 aliphatic rings. The minimum atomic E-state index is -4.03. The Morgan fingerprint density at radius 2 is 2.00 bits per heavy atom. The quantitative estimate of drug-likeness (QED) is 0.652. The molecule has 0 aliphatic carbocycles. The minimum absolute atomic E-state index is 0.0141. The van der Waals surface area contributed by atoms with Crippen molar-refractivity contribution in [1.82, 2.24) is 15.1 Å². The number of para-hydroxylation sites is 1. The van der Waals surface area contributed by atoms with Crippen molar-refractivity contribution in [2.24, 2.45) is 7.05 Å². The fourth-order valence-corrected chi connectivity index (χ4v) is 4.39. The molecule has 0 saturated heterocycles. The van der Waals surface area contributed by atoms with Crippen molar-refractivity contribution in [2.75, 3.05) is 4.72 Å². The Bertz CT molecular complexity index is 1070. The summed E-state index contributed by atoms with van der Waals surface area (Å²) in [7, 11) is -2.49. The molecule has 0 radical (unpaired) electrons. The van der Waals surface area contributed by atoms with E-state index in [1.807, 2.05) is 0 Å². The lowest BCUT2D eigenvalue weighted by Gasteiger charge is -2.12. The van der Waals surface area contributed by atoms with Gasteiger partial charge in [0.2, 0.25) is 0 Å². The number of rotatable bonds is 6. The highest BCUT2D eigenvalue weighted by Crippen LogP contribution is 2.27. The second-order valence-corrected chi connectivity index (χ2v) is 7.72. The second kappa shape index (κ2) is 7.45. The summed E-state index contributed by atoms with van der Waals surface area (Å²) in [6.07, 6.45) is 1.50. The number of hydrogen-bond acceptors (Lipinski definition) is 5. The molecule has 0 bridgehead atoms. The van der Waals surface area contributed by atoms with E-state index in [1.165, 1.54) is 23.1 Å². The molecule has 1 aromatic carbocycles.